The van der Waals surface area contributed by atoms with Crippen LogP contribution in [0.3, 0.4) is 0 Å². The molecule has 2 heterocycles. The standard InChI is InChI=1S/C18H21BrN2O2/c1-3-14-11-21(10-13-4-6-15(22-2)7-5-13)12-16-17(23-14)8-9-18(19)20-16/h4-9,14H,3,10-12H2,1-2H3/t14-/m1/s1. The molecule has 1 atom stereocenters. The molecule has 0 amide bonds. The van der Waals surface area contributed by atoms with E-state index in [2.05, 4.69) is 44.9 Å². The van der Waals surface area contributed by atoms with Crippen LogP contribution < -0.4 is 9.47 Å². The van der Waals surface area contributed by atoms with Gasteiger partial charge < -0.3 is 9.47 Å². The van der Waals surface area contributed by atoms with E-state index in [1.54, 1.807) is 7.11 Å². The zero-order chi connectivity index (χ0) is 16.2. The zero-order valence-electron chi connectivity index (χ0n) is 13.5. The predicted molar refractivity (Wildman–Crippen MR) is 93.8 cm³/mol. The first-order valence-electron chi connectivity index (χ1n) is 7.85. The van der Waals surface area contributed by atoms with Crippen molar-refractivity contribution in [3.63, 3.8) is 0 Å². The molecule has 0 aliphatic carbocycles. The number of halogens is 1. The Morgan fingerprint density at radius 3 is 2.74 bits per heavy atom. The highest BCUT2D eigenvalue weighted by Gasteiger charge is 2.23. The van der Waals surface area contributed by atoms with Crippen LogP contribution in [0.25, 0.3) is 0 Å². The van der Waals surface area contributed by atoms with E-state index >= 15 is 0 Å². The number of fused-ring (bicyclic) bond motifs is 1. The minimum Gasteiger partial charge on any atom is -0.497 e. The molecule has 0 bridgehead atoms. The van der Waals surface area contributed by atoms with Crippen molar-refractivity contribution in [2.24, 2.45) is 0 Å². The van der Waals surface area contributed by atoms with Crippen molar-refractivity contribution in [2.75, 3.05) is 13.7 Å². The molecule has 3 rings (SSSR count). The van der Waals surface area contributed by atoms with Crippen LogP contribution >= 0.6 is 15.9 Å². The van der Waals surface area contributed by atoms with Gasteiger partial charge in [-0.2, -0.15) is 0 Å². The third-order valence-electron chi connectivity index (χ3n) is 4.05. The van der Waals surface area contributed by atoms with Gasteiger partial charge in [-0.05, 0) is 52.2 Å². The second kappa shape index (κ2) is 7.32. The summed E-state index contributed by atoms with van der Waals surface area (Å²) in [5.41, 5.74) is 2.25. The first kappa shape index (κ1) is 16.3. The number of rotatable bonds is 4. The van der Waals surface area contributed by atoms with Gasteiger partial charge in [0.1, 0.15) is 22.2 Å². The second-order valence-electron chi connectivity index (χ2n) is 5.74. The Balaban J connectivity index is 1.80. The number of pyridine rings is 1. The third kappa shape index (κ3) is 4.03. The number of aromatic nitrogens is 1. The first-order valence-corrected chi connectivity index (χ1v) is 8.64. The minimum atomic E-state index is 0.192. The van der Waals surface area contributed by atoms with Crippen LogP contribution in [0.4, 0.5) is 0 Å². The molecule has 0 saturated carbocycles. The molecule has 122 valence electrons. The summed E-state index contributed by atoms with van der Waals surface area (Å²) in [5, 5.41) is 0. The van der Waals surface area contributed by atoms with E-state index in [9.17, 15) is 0 Å². The van der Waals surface area contributed by atoms with E-state index < -0.39 is 0 Å². The van der Waals surface area contributed by atoms with Gasteiger partial charge in [0, 0.05) is 19.6 Å². The van der Waals surface area contributed by atoms with Crippen LogP contribution in [0.1, 0.15) is 24.6 Å². The summed E-state index contributed by atoms with van der Waals surface area (Å²) >= 11 is 3.45. The van der Waals surface area contributed by atoms with Crippen molar-refractivity contribution < 1.29 is 9.47 Å². The van der Waals surface area contributed by atoms with Crippen molar-refractivity contribution >= 4 is 15.9 Å². The molecule has 1 aromatic carbocycles. The van der Waals surface area contributed by atoms with Gasteiger partial charge in [-0.25, -0.2) is 4.98 Å². The van der Waals surface area contributed by atoms with Crippen LogP contribution in [-0.2, 0) is 13.1 Å². The van der Waals surface area contributed by atoms with Crippen LogP contribution in [0.2, 0.25) is 0 Å². The van der Waals surface area contributed by atoms with Crippen molar-refractivity contribution in [3.05, 3.63) is 52.3 Å². The van der Waals surface area contributed by atoms with E-state index in [-0.39, 0.29) is 6.10 Å². The average Bonchev–Trinajstić information content (AvgIpc) is 2.73. The van der Waals surface area contributed by atoms with Gasteiger partial charge >= 0.3 is 0 Å². The molecule has 0 fully saturated rings. The Morgan fingerprint density at radius 1 is 1.26 bits per heavy atom. The molecule has 4 nitrogen and oxygen atoms in total. The normalized spacial score (nSPS) is 18.0. The number of hydrogen-bond donors (Lipinski definition) is 0. The summed E-state index contributed by atoms with van der Waals surface area (Å²) in [5.74, 6) is 1.78. The fourth-order valence-corrected chi connectivity index (χ4v) is 3.13. The number of benzene rings is 1. The highest BCUT2D eigenvalue weighted by atomic mass is 79.9. The molecule has 0 N–H and O–H groups in total. The lowest BCUT2D eigenvalue weighted by molar-refractivity contribution is 0.139. The number of ether oxygens (including phenoxy) is 2. The second-order valence-corrected chi connectivity index (χ2v) is 6.56. The van der Waals surface area contributed by atoms with Gasteiger partial charge in [0.15, 0.2) is 0 Å². The Labute approximate surface area is 145 Å². The molecule has 5 heteroatoms. The van der Waals surface area contributed by atoms with Gasteiger partial charge in [-0.1, -0.05) is 19.1 Å². The molecular weight excluding hydrogens is 356 g/mol. The molecule has 0 radical (unpaired) electrons. The van der Waals surface area contributed by atoms with Gasteiger partial charge in [0.05, 0.1) is 12.8 Å². The molecule has 23 heavy (non-hydrogen) atoms. The summed E-state index contributed by atoms with van der Waals surface area (Å²) < 4.78 is 12.2. The van der Waals surface area contributed by atoms with Crippen molar-refractivity contribution in [2.45, 2.75) is 32.5 Å². The molecule has 1 aliphatic rings. The quantitative estimate of drug-likeness (QED) is 0.754. The van der Waals surface area contributed by atoms with E-state index in [1.807, 2.05) is 24.3 Å². The summed E-state index contributed by atoms with van der Waals surface area (Å²) in [6.45, 7) is 4.72. The number of hydrogen-bond acceptors (Lipinski definition) is 4. The fourth-order valence-electron chi connectivity index (χ4n) is 2.79. The Hall–Kier alpha value is -1.59. The van der Waals surface area contributed by atoms with Crippen molar-refractivity contribution in [1.82, 2.24) is 9.88 Å². The summed E-state index contributed by atoms with van der Waals surface area (Å²) in [6, 6.07) is 12.2. The lowest BCUT2D eigenvalue weighted by Crippen LogP contribution is -2.32. The minimum absolute atomic E-state index is 0.192. The maximum Gasteiger partial charge on any atom is 0.142 e. The summed E-state index contributed by atoms with van der Waals surface area (Å²) in [4.78, 5) is 6.98. The maximum atomic E-state index is 6.12. The van der Waals surface area contributed by atoms with E-state index in [4.69, 9.17) is 9.47 Å². The third-order valence-corrected chi connectivity index (χ3v) is 4.49. The highest BCUT2D eigenvalue weighted by molar-refractivity contribution is 9.10. The van der Waals surface area contributed by atoms with Gasteiger partial charge in [0.2, 0.25) is 0 Å². The van der Waals surface area contributed by atoms with Crippen molar-refractivity contribution in [3.8, 4) is 11.5 Å². The largest absolute Gasteiger partial charge is 0.497 e. The first-order chi connectivity index (χ1) is 11.2. The van der Waals surface area contributed by atoms with Gasteiger partial charge in [0.25, 0.3) is 0 Å². The summed E-state index contributed by atoms with van der Waals surface area (Å²) in [7, 11) is 1.69. The van der Waals surface area contributed by atoms with Crippen LogP contribution in [0.5, 0.6) is 11.5 Å². The van der Waals surface area contributed by atoms with E-state index in [1.165, 1.54) is 5.56 Å². The molecule has 2 aromatic rings. The average molecular weight is 377 g/mol. The topological polar surface area (TPSA) is 34.6 Å². The van der Waals surface area contributed by atoms with Gasteiger partial charge in [-0.15, -0.1) is 0 Å². The molecule has 0 saturated heterocycles. The smallest absolute Gasteiger partial charge is 0.142 e. The SMILES string of the molecule is CC[C@@H]1CN(Cc2ccc(OC)cc2)Cc2nc(Br)ccc2O1. The Kier molecular flexibility index (Phi) is 5.18. The van der Waals surface area contributed by atoms with Crippen molar-refractivity contribution in [1.29, 1.82) is 0 Å². The van der Waals surface area contributed by atoms with Gasteiger partial charge in [-0.3, -0.25) is 4.90 Å². The molecule has 0 spiro atoms. The molecule has 1 aromatic heterocycles. The lowest BCUT2D eigenvalue weighted by atomic mass is 10.2. The highest BCUT2D eigenvalue weighted by Crippen LogP contribution is 2.27. The predicted octanol–water partition coefficient (Wildman–Crippen LogP) is 4.03. The zero-order valence-corrected chi connectivity index (χ0v) is 15.0. The van der Waals surface area contributed by atoms with Crippen LogP contribution in [0.15, 0.2) is 41.0 Å². The Morgan fingerprint density at radius 2 is 2.04 bits per heavy atom. The Bertz CT molecular complexity index is 661. The molecule has 1 aliphatic heterocycles. The molecular formula is C18H21BrN2O2. The van der Waals surface area contributed by atoms with E-state index in [0.717, 1.165) is 47.9 Å². The summed E-state index contributed by atoms with van der Waals surface area (Å²) in [6.07, 6.45) is 1.17. The maximum absolute atomic E-state index is 6.12. The van der Waals surface area contributed by atoms with E-state index in [0.29, 0.717) is 0 Å². The number of nitrogens with zero attached hydrogens (tertiary/aromatic N) is 2. The monoisotopic (exact) mass is 376 g/mol. The fraction of sp³-hybridized carbons (Fsp3) is 0.389. The van der Waals surface area contributed by atoms with Crippen LogP contribution in [-0.4, -0.2) is 29.6 Å². The lowest BCUT2D eigenvalue weighted by Gasteiger charge is -2.23. The number of methoxy groups -OCH3 is 1. The van der Waals surface area contributed by atoms with Crippen LogP contribution in [0, 0.1) is 0 Å². The molecule has 0 unspecified atom stereocenters.